The van der Waals surface area contributed by atoms with Gasteiger partial charge in [-0.2, -0.15) is 0 Å². The van der Waals surface area contributed by atoms with Crippen LogP contribution in [0.25, 0.3) is 11.6 Å². The molecule has 2 aromatic rings. The molecular formula is C23H28ClNO3. The van der Waals surface area contributed by atoms with Gasteiger partial charge in [-0.1, -0.05) is 60.7 Å². The van der Waals surface area contributed by atoms with Gasteiger partial charge < -0.3 is 14.7 Å². The summed E-state index contributed by atoms with van der Waals surface area (Å²) in [6, 6.07) is 20.5. The molecule has 1 fully saturated rings. The molecule has 28 heavy (non-hydrogen) atoms. The molecule has 150 valence electrons. The molecule has 3 rings (SSSR count). The molecule has 0 spiro atoms. The van der Waals surface area contributed by atoms with E-state index in [1.54, 1.807) is 0 Å². The first-order valence-corrected chi connectivity index (χ1v) is 9.56. The fourth-order valence-electron chi connectivity index (χ4n) is 3.45. The summed E-state index contributed by atoms with van der Waals surface area (Å²) in [4.78, 5) is 13.4. The smallest absolute Gasteiger partial charge is 0.307 e. The lowest BCUT2D eigenvalue weighted by atomic mass is 9.98. The highest BCUT2D eigenvalue weighted by Gasteiger charge is 2.24. The van der Waals surface area contributed by atoms with E-state index in [1.165, 1.54) is 0 Å². The molecule has 1 atom stereocenters. The van der Waals surface area contributed by atoms with Gasteiger partial charge in [0.05, 0.1) is 19.1 Å². The minimum absolute atomic E-state index is 0. The minimum atomic E-state index is -0.683. The van der Waals surface area contributed by atoms with Crippen molar-refractivity contribution in [3.8, 4) is 0 Å². The fraction of sp³-hybridized carbons (Fsp3) is 0.348. The number of rotatable bonds is 8. The maximum absolute atomic E-state index is 11.2. The summed E-state index contributed by atoms with van der Waals surface area (Å²) in [5, 5.41) is 9.20. The number of ether oxygens (including phenoxy) is 1. The van der Waals surface area contributed by atoms with Crippen LogP contribution in [-0.2, 0) is 9.53 Å². The van der Waals surface area contributed by atoms with Crippen LogP contribution in [0.5, 0.6) is 0 Å². The number of nitrogens with zero attached hydrogens (tertiary/aromatic N) is 1. The van der Waals surface area contributed by atoms with E-state index in [1.807, 2.05) is 36.4 Å². The van der Waals surface area contributed by atoms with Crippen molar-refractivity contribution >= 4 is 30.0 Å². The van der Waals surface area contributed by atoms with Crippen LogP contribution in [0.2, 0.25) is 0 Å². The van der Waals surface area contributed by atoms with Gasteiger partial charge in [-0.05, 0) is 42.2 Å². The van der Waals surface area contributed by atoms with E-state index in [9.17, 15) is 9.90 Å². The lowest BCUT2D eigenvalue weighted by molar-refractivity contribution is -0.143. The predicted molar refractivity (Wildman–Crippen MR) is 116 cm³/mol. The van der Waals surface area contributed by atoms with Gasteiger partial charge in [-0.25, -0.2) is 0 Å². The SMILES string of the molecule is Cl.O=C(O)[C@@H]1CCCN(CCOC/C(=C\c2ccccc2)c2ccccc2)C1. The van der Waals surface area contributed by atoms with Crippen molar-refractivity contribution in [3.63, 3.8) is 0 Å². The molecule has 1 heterocycles. The molecule has 1 aliphatic heterocycles. The monoisotopic (exact) mass is 401 g/mol. The maximum Gasteiger partial charge on any atom is 0.307 e. The van der Waals surface area contributed by atoms with Crippen molar-refractivity contribution < 1.29 is 14.6 Å². The molecule has 0 unspecified atom stereocenters. The molecular weight excluding hydrogens is 374 g/mol. The summed E-state index contributed by atoms with van der Waals surface area (Å²) >= 11 is 0. The number of carboxylic acids is 1. The van der Waals surface area contributed by atoms with Crippen LogP contribution >= 0.6 is 12.4 Å². The van der Waals surface area contributed by atoms with E-state index in [0.717, 1.165) is 42.6 Å². The number of hydrogen-bond acceptors (Lipinski definition) is 3. The van der Waals surface area contributed by atoms with E-state index in [-0.39, 0.29) is 18.3 Å². The van der Waals surface area contributed by atoms with Crippen LogP contribution in [0.4, 0.5) is 0 Å². The number of halogens is 1. The van der Waals surface area contributed by atoms with Gasteiger partial charge in [0, 0.05) is 13.1 Å². The van der Waals surface area contributed by atoms with Gasteiger partial charge in [-0.15, -0.1) is 12.4 Å². The Morgan fingerprint density at radius 1 is 1.11 bits per heavy atom. The van der Waals surface area contributed by atoms with Crippen molar-refractivity contribution in [2.45, 2.75) is 12.8 Å². The van der Waals surface area contributed by atoms with Gasteiger partial charge in [0.15, 0.2) is 0 Å². The Hall–Kier alpha value is -2.14. The van der Waals surface area contributed by atoms with Crippen LogP contribution in [0.1, 0.15) is 24.0 Å². The topological polar surface area (TPSA) is 49.8 Å². The highest BCUT2D eigenvalue weighted by atomic mass is 35.5. The number of piperidine rings is 1. The average molecular weight is 402 g/mol. The lowest BCUT2D eigenvalue weighted by Gasteiger charge is -2.30. The Morgan fingerprint density at radius 2 is 1.79 bits per heavy atom. The van der Waals surface area contributed by atoms with Crippen molar-refractivity contribution in [2.75, 3.05) is 32.8 Å². The standard InChI is InChI=1S/C23H27NO3.ClH/c25-23(26)21-12-7-13-24(17-21)14-15-27-18-22(20-10-5-2-6-11-20)16-19-8-3-1-4-9-19;/h1-6,8-11,16,21H,7,12-15,17-18H2,(H,25,26);1H/b22-16+;/t21-;/m1./s1. The number of carbonyl (C=O) groups is 1. The van der Waals surface area contributed by atoms with Crippen molar-refractivity contribution in [3.05, 3.63) is 71.8 Å². The zero-order valence-corrected chi connectivity index (χ0v) is 16.8. The van der Waals surface area contributed by atoms with Crippen molar-refractivity contribution in [2.24, 2.45) is 5.92 Å². The summed E-state index contributed by atoms with van der Waals surface area (Å²) < 4.78 is 5.96. The molecule has 0 amide bonds. The van der Waals surface area contributed by atoms with Crippen LogP contribution in [0, 0.1) is 5.92 Å². The van der Waals surface area contributed by atoms with Gasteiger partial charge in [-0.3, -0.25) is 4.79 Å². The lowest BCUT2D eigenvalue weighted by Crippen LogP contribution is -2.40. The van der Waals surface area contributed by atoms with E-state index >= 15 is 0 Å². The molecule has 2 aromatic carbocycles. The molecule has 0 bridgehead atoms. The van der Waals surface area contributed by atoms with Crippen LogP contribution in [0.15, 0.2) is 60.7 Å². The van der Waals surface area contributed by atoms with Gasteiger partial charge in [0.2, 0.25) is 0 Å². The van der Waals surface area contributed by atoms with E-state index in [0.29, 0.717) is 19.8 Å². The van der Waals surface area contributed by atoms with Crippen LogP contribution in [-0.4, -0.2) is 48.8 Å². The molecule has 0 saturated carbocycles. The summed E-state index contributed by atoms with van der Waals surface area (Å²) in [6.07, 6.45) is 3.89. The predicted octanol–water partition coefficient (Wildman–Crippen LogP) is 4.46. The number of likely N-dealkylation sites (tertiary alicyclic amines) is 1. The third kappa shape index (κ3) is 6.79. The Labute approximate surface area is 173 Å². The first-order valence-electron chi connectivity index (χ1n) is 9.56. The largest absolute Gasteiger partial charge is 0.481 e. The number of hydrogen-bond donors (Lipinski definition) is 1. The average Bonchev–Trinajstić information content (AvgIpc) is 2.72. The fourth-order valence-corrected chi connectivity index (χ4v) is 3.45. The summed E-state index contributed by atoms with van der Waals surface area (Å²) in [6.45, 7) is 3.50. The zero-order valence-electron chi connectivity index (χ0n) is 16.0. The summed E-state index contributed by atoms with van der Waals surface area (Å²) in [7, 11) is 0. The molecule has 4 nitrogen and oxygen atoms in total. The first kappa shape index (κ1) is 22.2. The normalized spacial score (nSPS) is 17.7. The van der Waals surface area contributed by atoms with Crippen molar-refractivity contribution in [1.82, 2.24) is 4.90 Å². The molecule has 1 saturated heterocycles. The van der Waals surface area contributed by atoms with Crippen LogP contribution in [0.3, 0.4) is 0 Å². The van der Waals surface area contributed by atoms with Gasteiger partial charge in [0.1, 0.15) is 0 Å². The second-order valence-electron chi connectivity index (χ2n) is 6.98. The summed E-state index contributed by atoms with van der Waals surface area (Å²) in [5.41, 5.74) is 3.45. The Kier molecular flexibility index (Phi) is 9.21. The van der Waals surface area contributed by atoms with Gasteiger partial charge >= 0.3 is 5.97 Å². The Morgan fingerprint density at radius 3 is 2.46 bits per heavy atom. The van der Waals surface area contributed by atoms with E-state index < -0.39 is 5.97 Å². The highest BCUT2D eigenvalue weighted by Crippen LogP contribution is 2.19. The Balaban J connectivity index is 0.00000280. The first-order chi connectivity index (χ1) is 13.2. The quantitative estimate of drug-likeness (QED) is 0.524. The van der Waals surface area contributed by atoms with Crippen LogP contribution < -0.4 is 0 Å². The zero-order chi connectivity index (χ0) is 18.9. The second-order valence-corrected chi connectivity index (χ2v) is 6.98. The number of benzene rings is 2. The van der Waals surface area contributed by atoms with E-state index in [2.05, 4.69) is 35.2 Å². The van der Waals surface area contributed by atoms with Gasteiger partial charge in [0.25, 0.3) is 0 Å². The minimum Gasteiger partial charge on any atom is -0.481 e. The number of aliphatic carboxylic acids is 1. The van der Waals surface area contributed by atoms with Crippen molar-refractivity contribution in [1.29, 1.82) is 0 Å². The molecule has 0 aromatic heterocycles. The molecule has 0 aliphatic carbocycles. The third-order valence-electron chi connectivity index (χ3n) is 4.95. The molecule has 0 radical (unpaired) electrons. The van der Waals surface area contributed by atoms with E-state index in [4.69, 9.17) is 4.74 Å². The summed E-state index contributed by atoms with van der Waals surface area (Å²) in [5.74, 6) is -0.922. The maximum atomic E-state index is 11.2. The number of carboxylic acid groups (broad SMARTS) is 1. The molecule has 1 aliphatic rings. The highest BCUT2D eigenvalue weighted by molar-refractivity contribution is 5.85. The second kappa shape index (κ2) is 11.6. The molecule has 5 heteroatoms. The third-order valence-corrected chi connectivity index (χ3v) is 4.95. The Bertz CT molecular complexity index is 749. The molecule has 1 N–H and O–H groups in total.